The molecule has 4 atom stereocenters. The number of nitrogens with one attached hydrogen (secondary N) is 1. The van der Waals surface area contributed by atoms with Gasteiger partial charge in [-0.1, -0.05) is 12.2 Å². The first-order valence-corrected chi connectivity index (χ1v) is 8.39. The monoisotopic (exact) mass is 373 g/mol. The maximum atomic E-state index is 12.8. The Hall–Kier alpha value is -3.16. The highest BCUT2D eigenvalue weighted by atomic mass is 16.5. The zero-order chi connectivity index (χ0) is 19.7. The number of rotatable bonds is 5. The number of carbonyl (C=O) groups excluding carboxylic acids is 3. The van der Waals surface area contributed by atoms with Gasteiger partial charge in [0.2, 0.25) is 5.91 Å². The molecule has 142 valence electrons. The van der Waals surface area contributed by atoms with Crippen molar-refractivity contribution in [2.45, 2.75) is 6.42 Å². The summed E-state index contributed by atoms with van der Waals surface area (Å²) in [4.78, 5) is 48.1. The summed E-state index contributed by atoms with van der Waals surface area (Å²) in [5.74, 6) is -4.62. The molecule has 0 heterocycles. The van der Waals surface area contributed by atoms with Crippen LogP contribution < -0.4 is 5.32 Å². The zero-order valence-electron chi connectivity index (χ0n) is 14.8. The van der Waals surface area contributed by atoms with Gasteiger partial charge in [-0.25, -0.2) is 9.59 Å². The van der Waals surface area contributed by atoms with Crippen molar-refractivity contribution in [1.82, 2.24) is 0 Å². The van der Waals surface area contributed by atoms with Crippen LogP contribution in [0.25, 0.3) is 0 Å². The summed E-state index contributed by atoms with van der Waals surface area (Å²) in [7, 11) is 2.40. The van der Waals surface area contributed by atoms with Crippen LogP contribution in [0, 0.1) is 23.7 Å². The summed E-state index contributed by atoms with van der Waals surface area (Å²) in [5, 5.41) is 12.1. The van der Waals surface area contributed by atoms with E-state index in [1.54, 1.807) is 0 Å². The van der Waals surface area contributed by atoms with Gasteiger partial charge in [-0.3, -0.25) is 9.59 Å². The molecule has 2 N–H and O–H groups in total. The number of allylic oxidation sites excluding steroid dienone is 2. The van der Waals surface area contributed by atoms with Crippen LogP contribution >= 0.6 is 0 Å². The van der Waals surface area contributed by atoms with E-state index in [0.717, 1.165) is 0 Å². The van der Waals surface area contributed by atoms with Crippen molar-refractivity contribution >= 4 is 29.5 Å². The molecule has 0 aliphatic heterocycles. The van der Waals surface area contributed by atoms with Crippen LogP contribution in [0.3, 0.4) is 0 Å². The first kappa shape index (κ1) is 18.6. The Morgan fingerprint density at radius 2 is 1.44 bits per heavy atom. The molecule has 2 bridgehead atoms. The molecule has 8 heteroatoms. The quantitative estimate of drug-likeness (QED) is 0.596. The van der Waals surface area contributed by atoms with E-state index < -0.39 is 35.7 Å². The molecule has 0 saturated heterocycles. The lowest BCUT2D eigenvalue weighted by Crippen LogP contribution is -2.36. The van der Waals surface area contributed by atoms with Gasteiger partial charge in [0.15, 0.2) is 0 Å². The van der Waals surface area contributed by atoms with Crippen molar-refractivity contribution in [1.29, 1.82) is 0 Å². The zero-order valence-corrected chi connectivity index (χ0v) is 14.8. The number of benzene rings is 1. The van der Waals surface area contributed by atoms with Crippen molar-refractivity contribution < 1.29 is 33.8 Å². The average molecular weight is 373 g/mol. The Labute approximate surface area is 155 Å². The summed E-state index contributed by atoms with van der Waals surface area (Å²) < 4.78 is 9.33. The highest BCUT2D eigenvalue weighted by molar-refractivity contribution is 6.01. The average Bonchev–Trinajstić information content (AvgIpc) is 3.27. The predicted octanol–water partition coefficient (Wildman–Crippen LogP) is 1.72. The molecule has 0 aromatic heterocycles. The molecule has 1 amide bonds. The molecule has 2 aliphatic rings. The summed E-state index contributed by atoms with van der Waals surface area (Å²) in [6.45, 7) is 0. The fraction of sp³-hybridized carbons (Fsp3) is 0.368. The van der Waals surface area contributed by atoms with Gasteiger partial charge < -0.3 is 19.9 Å². The van der Waals surface area contributed by atoms with E-state index in [1.807, 2.05) is 12.2 Å². The predicted molar refractivity (Wildman–Crippen MR) is 93.1 cm³/mol. The highest BCUT2D eigenvalue weighted by Gasteiger charge is 2.51. The largest absolute Gasteiger partial charge is 0.481 e. The van der Waals surface area contributed by atoms with E-state index in [-0.39, 0.29) is 28.7 Å². The number of anilines is 1. The second kappa shape index (κ2) is 7.22. The van der Waals surface area contributed by atoms with Gasteiger partial charge in [0.1, 0.15) is 0 Å². The minimum absolute atomic E-state index is 0.0679. The SMILES string of the molecule is COC(=O)c1cc(NC(=O)[C@H]2[C@@H](C(=O)O)[C@@H]3C=C[C@H]2C3)cc(C(=O)OC)c1. The Bertz CT molecular complexity index is 810. The maximum absolute atomic E-state index is 12.8. The van der Waals surface area contributed by atoms with Gasteiger partial charge in [-0.15, -0.1) is 0 Å². The molecular formula is C19H19NO7. The number of esters is 2. The smallest absolute Gasteiger partial charge is 0.337 e. The summed E-state index contributed by atoms with van der Waals surface area (Å²) >= 11 is 0. The Kier molecular flexibility index (Phi) is 4.98. The summed E-state index contributed by atoms with van der Waals surface area (Å²) in [6, 6.07) is 4.04. The number of carboxylic acids is 1. The number of carboxylic acid groups (broad SMARTS) is 1. The second-order valence-corrected chi connectivity index (χ2v) is 6.61. The van der Waals surface area contributed by atoms with Gasteiger partial charge >= 0.3 is 17.9 Å². The molecule has 0 radical (unpaired) electrons. The Morgan fingerprint density at radius 3 is 1.93 bits per heavy atom. The molecule has 1 aromatic carbocycles. The number of methoxy groups -OCH3 is 2. The summed E-state index contributed by atoms with van der Waals surface area (Å²) in [5.41, 5.74) is 0.329. The number of amides is 1. The lowest BCUT2D eigenvalue weighted by Gasteiger charge is -2.24. The molecule has 1 aromatic rings. The molecule has 0 spiro atoms. The molecule has 27 heavy (non-hydrogen) atoms. The lowest BCUT2D eigenvalue weighted by atomic mass is 9.82. The van der Waals surface area contributed by atoms with Crippen LogP contribution in [0.4, 0.5) is 5.69 Å². The molecule has 3 rings (SSSR count). The fourth-order valence-electron chi connectivity index (χ4n) is 3.91. The van der Waals surface area contributed by atoms with Gasteiger partial charge in [0.05, 0.1) is 37.2 Å². The van der Waals surface area contributed by atoms with Crippen LogP contribution in [0.15, 0.2) is 30.4 Å². The third-order valence-electron chi connectivity index (χ3n) is 5.09. The topological polar surface area (TPSA) is 119 Å². The van der Waals surface area contributed by atoms with E-state index in [4.69, 9.17) is 0 Å². The van der Waals surface area contributed by atoms with E-state index >= 15 is 0 Å². The van der Waals surface area contributed by atoms with Crippen LogP contribution in [0.2, 0.25) is 0 Å². The lowest BCUT2D eigenvalue weighted by molar-refractivity contribution is -0.146. The van der Waals surface area contributed by atoms with Gasteiger partial charge in [0, 0.05) is 5.69 Å². The second-order valence-electron chi connectivity index (χ2n) is 6.61. The molecule has 0 unspecified atom stereocenters. The maximum Gasteiger partial charge on any atom is 0.337 e. The third kappa shape index (κ3) is 3.42. The van der Waals surface area contributed by atoms with Gasteiger partial charge in [-0.2, -0.15) is 0 Å². The minimum atomic E-state index is -1.01. The van der Waals surface area contributed by atoms with Gasteiger partial charge in [-0.05, 0) is 36.5 Å². The van der Waals surface area contributed by atoms with Crippen molar-refractivity contribution in [3.63, 3.8) is 0 Å². The van der Waals surface area contributed by atoms with E-state index in [1.165, 1.54) is 32.4 Å². The van der Waals surface area contributed by atoms with Crippen molar-refractivity contribution in [2.24, 2.45) is 23.7 Å². The molecule has 1 fully saturated rings. The number of hydrogen-bond acceptors (Lipinski definition) is 6. The number of fused-ring (bicyclic) bond motifs is 2. The van der Waals surface area contributed by atoms with Crippen LogP contribution in [-0.2, 0) is 19.1 Å². The highest BCUT2D eigenvalue weighted by Crippen LogP contribution is 2.48. The molecule has 2 aliphatic carbocycles. The van der Waals surface area contributed by atoms with Crippen LogP contribution in [-0.4, -0.2) is 43.1 Å². The van der Waals surface area contributed by atoms with Crippen LogP contribution in [0.1, 0.15) is 27.1 Å². The standard InChI is InChI=1S/C19H19NO7/c1-26-18(24)11-6-12(19(25)27-2)8-13(7-11)20-16(21)14-9-3-4-10(5-9)15(14)17(22)23/h3-4,6-10,14-15H,5H2,1-2H3,(H,20,21)(H,22,23)/t9-,10+,14+,15-/m0/s1. The number of ether oxygens (including phenoxy) is 2. The number of aliphatic carboxylic acids is 1. The van der Waals surface area contributed by atoms with Crippen molar-refractivity contribution in [3.05, 3.63) is 41.5 Å². The Morgan fingerprint density at radius 1 is 0.926 bits per heavy atom. The molecule has 8 nitrogen and oxygen atoms in total. The summed E-state index contributed by atoms with van der Waals surface area (Å²) in [6.07, 6.45) is 4.35. The normalized spacial score (nSPS) is 25.1. The first-order valence-electron chi connectivity index (χ1n) is 8.39. The Balaban J connectivity index is 1.89. The fourth-order valence-corrected chi connectivity index (χ4v) is 3.91. The number of hydrogen-bond donors (Lipinski definition) is 2. The first-order chi connectivity index (χ1) is 12.8. The van der Waals surface area contributed by atoms with E-state index in [9.17, 15) is 24.3 Å². The van der Waals surface area contributed by atoms with Crippen molar-refractivity contribution in [3.8, 4) is 0 Å². The van der Waals surface area contributed by atoms with Crippen molar-refractivity contribution in [2.75, 3.05) is 19.5 Å². The van der Waals surface area contributed by atoms with E-state index in [2.05, 4.69) is 14.8 Å². The van der Waals surface area contributed by atoms with E-state index in [0.29, 0.717) is 6.42 Å². The third-order valence-corrected chi connectivity index (χ3v) is 5.09. The molecular weight excluding hydrogens is 354 g/mol. The number of carbonyl (C=O) groups is 4. The minimum Gasteiger partial charge on any atom is -0.481 e. The van der Waals surface area contributed by atoms with Gasteiger partial charge in [0.25, 0.3) is 0 Å². The van der Waals surface area contributed by atoms with Crippen LogP contribution in [0.5, 0.6) is 0 Å². The molecule has 1 saturated carbocycles.